The summed E-state index contributed by atoms with van der Waals surface area (Å²) >= 11 is 3.37. The van der Waals surface area contributed by atoms with E-state index in [1.807, 2.05) is 6.07 Å². The summed E-state index contributed by atoms with van der Waals surface area (Å²) in [7, 11) is 1.62. The number of rotatable bonds is 6. The number of halogens is 1. The Bertz CT molecular complexity index is 382. The summed E-state index contributed by atoms with van der Waals surface area (Å²) in [6.45, 7) is 0.500. The normalized spacial score (nSPS) is 10.1. The number of carbonyl (C=O) groups excluding carboxylic acids is 1. The van der Waals surface area contributed by atoms with Gasteiger partial charge in [-0.05, 0) is 40.0 Å². The second-order valence-corrected chi connectivity index (χ2v) is 4.40. The molecule has 0 bridgehead atoms. The van der Waals surface area contributed by atoms with E-state index >= 15 is 0 Å². The van der Waals surface area contributed by atoms with Gasteiger partial charge in [-0.2, -0.15) is 0 Å². The number of ether oxygens (including phenoxy) is 1. The molecule has 1 aromatic rings. The van der Waals surface area contributed by atoms with Crippen LogP contribution in [0.1, 0.15) is 18.4 Å². The van der Waals surface area contributed by atoms with Gasteiger partial charge in [0.1, 0.15) is 5.75 Å². The number of hydrogen-bond acceptors (Lipinski definition) is 3. The summed E-state index contributed by atoms with van der Waals surface area (Å²) in [4.78, 5) is 11.0. The Labute approximate surface area is 109 Å². The van der Waals surface area contributed by atoms with Crippen LogP contribution in [0, 0.1) is 0 Å². The van der Waals surface area contributed by atoms with Crippen molar-refractivity contribution in [2.45, 2.75) is 19.4 Å². The molecule has 17 heavy (non-hydrogen) atoms. The van der Waals surface area contributed by atoms with Crippen LogP contribution >= 0.6 is 15.9 Å². The Kier molecular flexibility index (Phi) is 6.00. The maximum absolute atomic E-state index is 11.0. The third kappa shape index (κ3) is 4.75. The van der Waals surface area contributed by atoms with Gasteiger partial charge < -0.3 is 15.2 Å². The molecular weight excluding hydrogens is 286 g/mol. The van der Waals surface area contributed by atoms with Crippen LogP contribution in [0.25, 0.3) is 0 Å². The van der Waals surface area contributed by atoms with Gasteiger partial charge >= 0.3 is 0 Å². The topological polar surface area (TPSA) is 58.6 Å². The number of amides is 1. The molecule has 0 saturated carbocycles. The first-order valence-corrected chi connectivity index (χ1v) is 6.19. The number of carbonyl (C=O) groups is 1. The lowest BCUT2D eigenvalue weighted by atomic mass is 10.2. The molecule has 0 saturated heterocycles. The first-order chi connectivity index (χ1) is 8.17. The second-order valence-electron chi connectivity index (χ2n) is 3.55. The van der Waals surface area contributed by atoms with Crippen molar-refractivity contribution in [3.8, 4) is 5.75 Å². The Hall–Kier alpha value is -1.07. The Morgan fingerprint density at radius 2 is 2.29 bits per heavy atom. The number of aliphatic hydroxyl groups excluding tert-OH is 1. The van der Waals surface area contributed by atoms with Gasteiger partial charge in [0.2, 0.25) is 5.91 Å². The summed E-state index contributed by atoms with van der Waals surface area (Å²) in [6.07, 6.45) is 1.14. The van der Waals surface area contributed by atoms with E-state index in [0.717, 1.165) is 15.8 Å². The van der Waals surface area contributed by atoms with Crippen LogP contribution in [-0.2, 0) is 11.4 Å². The average molecular weight is 302 g/mol. The van der Waals surface area contributed by atoms with Gasteiger partial charge in [-0.3, -0.25) is 4.79 Å². The fraction of sp³-hybridized carbons (Fsp3) is 0.417. The van der Waals surface area contributed by atoms with Crippen LogP contribution in [-0.4, -0.2) is 24.7 Å². The van der Waals surface area contributed by atoms with Crippen molar-refractivity contribution in [1.82, 2.24) is 5.32 Å². The molecule has 1 rings (SSSR count). The van der Waals surface area contributed by atoms with Crippen molar-refractivity contribution in [1.29, 1.82) is 0 Å². The average Bonchev–Trinajstić information content (AvgIpc) is 2.35. The zero-order valence-electron chi connectivity index (χ0n) is 9.70. The molecule has 5 heteroatoms. The van der Waals surface area contributed by atoms with Gasteiger partial charge in [-0.1, -0.05) is 6.07 Å². The molecule has 4 nitrogen and oxygen atoms in total. The van der Waals surface area contributed by atoms with Crippen LogP contribution < -0.4 is 10.1 Å². The lowest BCUT2D eigenvalue weighted by molar-refractivity contribution is -0.120. The number of benzene rings is 1. The largest absolute Gasteiger partial charge is 0.492 e. The standard InChI is InChI=1S/C12H16BrNO3/c1-14-12(16)3-2-6-17-11-5-4-9(8-15)7-10(11)13/h4-5,7,15H,2-3,6,8H2,1H3,(H,14,16). The van der Waals surface area contributed by atoms with E-state index in [-0.39, 0.29) is 12.5 Å². The van der Waals surface area contributed by atoms with Crippen LogP contribution in [0.5, 0.6) is 5.75 Å². The van der Waals surface area contributed by atoms with E-state index in [9.17, 15) is 4.79 Å². The minimum atomic E-state index is 0.00948. The molecule has 2 N–H and O–H groups in total. The third-order valence-corrected chi connectivity index (χ3v) is 2.88. The molecule has 0 aliphatic heterocycles. The molecule has 1 aromatic carbocycles. The van der Waals surface area contributed by atoms with E-state index in [2.05, 4.69) is 21.2 Å². The summed E-state index contributed by atoms with van der Waals surface area (Å²) < 4.78 is 6.33. The first-order valence-electron chi connectivity index (χ1n) is 5.40. The molecule has 0 fully saturated rings. The van der Waals surface area contributed by atoms with E-state index in [1.165, 1.54) is 0 Å². The van der Waals surface area contributed by atoms with Gasteiger partial charge in [-0.15, -0.1) is 0 Å². The Morgan fingerprint density at radius 3 is 2.88 bits per heavy atom. The van der Waals surface area contributed by atoms with E-state index in [4.69, 9.17) is 9.84 Å². The molecule has 0 unspecified atom stereocenters. The first kappa shape index (κ1) is 14.0. The number of hydrogen-bond donors (Lipinski definition) is 2. The maximum atomic E-state index is 11.0. The molecule has 94 valence electrons. The lowest BCUT2D eigenvalue weighted by Crippen LogP contribution is -2.18. The van der Waals surface area contributed by atoms with Gasteiger partial charge in [0, 0.05) is 13.5 Å². The van der Waals surface area contributed by atoms with Crippen molar-refractivity contribution in [3.05, 3.63) is 28.2 Å². The zero-order valence-corrected chi connectivity index (χ0v) is 11.3. The summed E-state index contributed by atoms with van der Waals surface area (Å²) in [5.74, 6) is 0.738. The highest BCUT2D eigenvalue weighted by Gasteiger charge is 2.03. The molecular formula is C12H16BrNO3. The monoisotopic (exact) mass is 301 g/mol. The highest BCUT2D eigenvalue weighted by molar-refractivity contribution is 9.10. The van der Waals surface area contributed by atoms with Crippen molar-refractivity contribution in [3.63, 3.8) is 0 Å². The van der Waals surface area contributed by atoms with Crippen molar-refractivity contribution in [2.24, 2.45) is 0 Å². The highest BCUT2D eigenvalue weighted by Crippen LogP contribution is 2.26. The second kappa shape index (κ2) is 7.29. The summed E-state index contributed by atoms with van der Waals surface area (Å²) in [6, 6.07) is 5.42. The molecule has 0 spiro atoms. The quantitative estimate of drug-likeness (QED) is 0.788. The molecule has 0 radical (unpaired) electrons. The predicted molar refractivity (Wildman–Crippen MR) is 68.9 cm³/mol. The molecule has 0 atom stereocenters. The van der Waals surface area contributed by atoms with Crippen LogP contribution in [0.15, 0.2) is 22.7 Å². The fourth-order valence-corrected chi connectivity index (χ4v) is 1.84. The van der Waals surface area contributed by atoms with Crippen LogP contribution in [0.4, 0.5) is 0 Å². The third-order valence-electron chi connectivity index (χ3n) is 2.26. The van der Waals surface area contributed by atoms with Crippen molar-refractivity contribution >= 4 is 21.8 Å². The summed E-state index contributed by atoms with van der Waals surface area (Å²) in [5, 5.41) is 11.5. The molecule has 0 aliphatic carbocycles. The number of aliphatic hydroxyl groups is 1. The minimum Gasteiger partial charge on any atom is -0.492 e. The van der Waals surface area contributed by atoms with Gasteiger partial charge in [0.25, 0.3) is 0 Å². The van der Waals surface area contributed by atoms with Crippen LogP contribution in [0.3, 0.4) is 0 Å². The zero-order chi connectivity index (χ0) is 12.7. The molecule has 0 heterocycles. The molecule has 1 amide bonds. The Balaban J connectivity index is 2.39. The Morgan fingerprint density at radius 1 is 1.53 bits per heavy atom. The van der Waals surface area contributed by atoms with E-state index in [1.54, 1.807) is 19.2 Å². The number of nitrogens with one attached hydrogen (secondary N) is 1. The fourth-order valence-electron chi connectivity index (χ4n) is 1.30. The van der Waals surface area contributed by atoms with Crippen molar-refractivity contribution in [2.75, 3.05) is 13.7 Å². The van der Waals surface area contributed by atoms with Gasteiger partial charge in [-0.25, -0.2) is 0 Å². The highest BCUT2D eigenvalue weighted by atomic mass is 79.9. The van der Waals surface area contributed by atoms with E-state index < -0.39 is 0 Å². The SMILES string of the molecule is CNC(=O)CCCOc1ccc(CO)cc1Br. The smallest absolute Gasteiger partial charge is 0.219 e. The van der Waals surface area contributed by atoms with Crippen LogP contribution in [0.2, 0.25) is 0 Å². The summed E-state index contributed by atoms with van der Waals surface area (Å²) in [5.41, 5.74) is 0.828. The minimum absolute atomic E-state index is 0.00948. The maximum Gasteiger partial charge on any atom is 0.219 e. The van der Waals surface area contributed by atoms with Crippen molar-refractivity contribution < 1.29 is 14.6 Å². The van der Waals surface area contributed by atoms with E-state index in [0.29, 0.717) is 19.4 Å². The molecule has 0 aliphatic rings. The predicted octanol–water partition coefficient (Wildman–Crippen LogP) is 1.85. The van der Waals surface area contributed by atoms with Gasteiger partial charge in [0.15, 0.2) is 0 Å². The lowest BCUT2D eigenvalue weighted by Gasteiger charge is -2.08. The molecule has 0 aromatic heterocycles. The van der Waals surface area contributed by atoms with Gasteiger partial charge in [0.05, 0.1) is 17.7 Å².